The van der Waals surface area contributed by atoms with Gasteiger partial charge in [0.05, 0.1) is 35.3 Å². The van der Waals surface area contributed by atoms with E-state index < -0.39 is 0 Å². The minimum absolute atomic E-state index is 0.0456. The molecule has 2 amide bonds. The molecule has 0 radical (unpaired) electrons. The number of carbonyl (C=O) groups excluding carboxylic acids is 2. The Morgan fingerprint density at radius 3 is 2.50 bits per heavy atom. The number of unbranched alkanes of at least 4 members (excludes halogenated alkanes) is 2. The molecule has 0 aliphatic rings. The summed E-state index contributed by atoms with van der Waals surface area (Å²) in [4.78, 5) is 36.6. The summed E-state index contributed by atoms with van der Waals surface area (Å²) in [6.45, 7) is 0. The number of benzene rings is 1. The lowest BCUT2D eigenvalue weighted by atomic mass is 10.1. The Morgan fingerprint density at radius 2 is 1.82 bits per heavy atom. The normalized spacial score (nSPS) is 11.8. The van der Waals surface area contributed by atoms with Crippen molar-refractivity contribution in [3.63, 3.8) is 0 Å². The molecule has 0 aliphatic carbocycles. The van der Waals surface area contributed by atoms with Gasteiger partial charge >= 0.3 is 0 Å². The van der Waals surface area contributed by atoms with Crippen LogP contribution in [0.4, 0.5) is 0 Å². The lowest BCUT2D eigenvalue weighted by molar-refractivity contribution is -0.120. The predicted molar refractivity (Wildman–Crippen MR) is 131 cm³/mol. The van der Waals surface area contributed by atoms with E-state index in [1.54, 1.807) is 31.1 Å². The van der Waals surface area contributed by atoms with Crippen molar-refractivity contribution in [2.45, 2.75) is 38.1 Å². The quantitative estimate of drug-likeness (QED) is 0.242. The summed E-state index contributed by atoms with van der Waals surface area (Å²) in [5.74, 6) is 0.584. The van der Waals surface area contributed by atoms with E-state index in [-0.39, 0.29) is 17.9 Å². The first kappa shape index (κ1) is 23.4. The molecule has 0 saturated heterocycles. The average molecular weight is 478 g/mol. The number of H-pyrrole nitrogens is 2. The number of rotatable bonds is 11. The summed E-state index contributed by atoms with van der Waals surface area (Å²) in [6.07, 6.45) is 8.86. The van der Waals surface area contributed by atoms with E-state index in [1.807, 2.05) is 30.3 Å². The molecule has 176 valence electrons. The zero-order valence-corrected chi connectivity index (χ0v) is 19.7. The largest absolute Gasteiger partial charge is 0.359 e. The monoisotopic (exact) mass is 477 g/mol. The van der Waals surface area contributed by atoms with Crippen molar-refractivity contribution in [2.24, 2.45) is 0 Å². The Balaban J connectivity index is 1.44. The van der Waals surface area contributed by atoms with Crippen LogP contribution in [0.2, 0.25) is 0 Å². The number of hydrogen-bond acceptors (Lipinski definition) is 6. The van der Waals surface area contributed by atoms with Crippen LogP contribution in [0.3, 0.4) is 0 Å². The molecule has 3 heterocycles. The number of carbonyl (C=O) groups is 2. The van der Waals surface area contributed by atoms with Crippen LogP contribution in [-0.2, 0) is 4.79 Å². The van der Waals surface area contributed by atoms with Crippen molar-refractivity contribution in [1.82, 2.24) is 35.8 Å². The first-order valence-electron chi connectivity index (χ1n) is 11.2. The fraction of sp³-hybridized carbons (Fsp3) is 0.292. The minimum Gasteiger partial charge on any atom is -0.359 e. The molecule has 0 aliphatic heterocycles. The summed E-state index contributed by atoms with van der Waals surface area (Å²) in [5.41, 5.74) is 5.52. The van der Waals surface area contributed by atoms with Crippen LogP contribution in [0.15, 0.2) is 54.4 Å². The molecule has 1 aromatic carbocycles. The molecular formula is C24H27N7O2S. The molecular weight excluding hydrogens is 450 g/mol. The maximum absolute atomic E-state index is 12.7. The van der Waals surface area contributed by atoms with E-state index in [9.17, 15) is 9.59 Å². The Morgan fingerprint density at radius 1 is 1.03 bits per heavy atom. The second kappa shape index (κ2) is 11.4. The van der Waals surface area contributed by atoms with Crippen LogP contribution in [0.25, 0.3) is 22.5 Å². The minimum atomic E-state index is -0.271. The van der Waals surface area contributed by atoms with E-state index >= 15 is 0 Å². The summed E-state index contributed by atoms with van der Waals surface area (Å²) in [5, 5.41) is 12.7. The highest BCUT2D eigenvalue weighted by Gasteiger charge is 2.20. The predicted octanol–water partition coefficient (Wildman–Crippen LogP) is 4.09. The maximum Gasteiger partial charge on any atom is 0.263 e. The third-order valence-electron chi connectivity index (χ3n) is 5.57. The molecule has 4 N–H and O–H groups in total. The summed E-state index contributed by atoms with van der Waals surface area (Å²) in [6, 6.07) is 9.76. The standard InChI is InChI=1S/C24H27N7O2S/c1-25-22(32)6-4-2-3-5-19(30-24(33)21-14-26-15-34-21)23-27-13-20(29-23)17-9-7-16(8-10-17)18-11-12-28-31-18/h7-15,19H,2-6H2,1H3,(H,25,32)(H,27,29)(H,28,31)(H,30,33). The summed E-state index contributed by atoms with van der Waals surface area (Å²) in [7, 11) is 1.65. The molecule has 3 aromatic heterocycles. The molecule has 0 fully saturated rings. The molecule has 0 bridgehead atoms. The van der Waals surface area contributed by atoms with Gasteiger partial charge in [-0.1, -0.05) is 37.1 Å². The Kier molecular flexibility index (Phi) is 7.82. The van der Waals surface area contributed by atoms with Gasteiger partial charge in [-0.05, 0) is 30.0 Å². The van der Waals surface area contributed by atoms with Gasteiger partial charge in [0, 0.05) is 19.7 Å². The number of nitrogens with one attached hydrogen (secondary N) is 4. The first-order chi connectivity index (χ1) is 16.6. The zero-order chi connectivity index (χ0) is 23.8. The smallest absolute Gasteiger partial charge is 0.263 e. The first-order valence-corrected chi connectivity index (χ1v) is 12.1. The number of imidazole rings is 1. The third-order valence-corrected chi connectivity index (χ3v) is 6.34. The number of thiazole rings is 1. The second-order valence-electron chi connectivity index (χ2n) is 7.89. The molecule has 1 atom stereocenters. The number of nitrogens with zero attached hydrogens (tertiary/aromatic N) is 3. The molecule has 4 rings (SSSR count). The van der Waals surface area contributed by atoms with E-state index in [4.69, 9.17) is 0 Å². The van der Waals surface area contributed by atoms with E-state index in [0.717, 1.165) is 41.8 Å². The van der Waals surface area contributed by atoms with Gasteiger partial charge in [0.2, 0.25) is 5.91 Å². The Bertz CT molecular complexity index is 1180. The van der Waals surface area contributed by atoms with Gasteiger partial charge in [0.25, 0.3) is 5.91 Å². The highest BCUT2D eigenvalue weighted by molar-refractivity contribution is 7.11. The molecule has 0 spiro atoms. The topological polar surface area (TPSA) is 128 Å². The number of amides is 2. The lowest BCUT2D eigenvalue weighted by Gasteiger charge is -2.16. The van der Waals surface area contributed by atoms with Gasteiger partial charge in [0.15, 0.2) is 0 Å². The van der Waals surface area contributed by atoms with E-state index in [1.165, 1.54) is 11.3 Å². The third kappa shape index (κ3) is 5.96. The molecule has 10 heteroatoms. The van der Waals surface area contributed by atoms with Crippen molar-refractivity contribution >= 4 is 23.2 Å². The molecule has 0 saturated carbocycles. The van der Waals surface area contributed by atoms with Crippen LogP contribution < -0.4 is 10.6 Å². The van der Waals surface area contributed by atoms with Crippen molar-refractivity contribution in [2.75, 3.05) is 7.05 Å². The number of hydrogen-bond donors (Lipinski definition) is 4. The highest BCUT2D eigenvalue weighted by atomic mass is 32.1. The van der Waals surface area contributed by atoms with E-state index in [2.05, 4.69) is 35.8 Å². The van der Waals surface area contributed by atoms with Gasteiger partial charge in [-0.3, -0.25) is 19.7 Å². The number of aromatic nitrogens is 5. The Labute approximate surface area is 201 Å². The zero-order valence-electron chi connectivity index (χ0n) is 18.9. The van der Waals surface area contributed by atoms with Gasteiger partial charge in [0.1, 0.15) is 10.7 Å². The summed E-state index contributed by atoms with van der Waals surface area (Å²) < 4.78 is 0. The molecule has 1 unspecified atom stereocenters. The average Bonchev–Trinajstić information content (AvgIpc) is 3.65. The van der Waals surface area contributed by atoms with Crippen LogP contribution in [0, 0.1) is 0 Å². The second-order valence-corrected chi connectivity index (χ2v) is 8.78. The van der Waals surface area contributed by atoms with Crippen molar-refractivity contribution < 1.29 is 9.59 Å². The van der Waals surface area contributed by atoms with Crippen molar-refractivity contribution in [3.8, 4) is 22.5 Å². The molecule has 34 heavy (non-hydrogen) atoms. The SMILES string of the molecule is CNC(=O)CCCCCC(NC(=O)c1cncs1)c1ncc(-c2ccc(-c3ccn[nH]3)cc2)[nH]1. The van der Waals surface area contributed by atoms with Crippen molar-refractivity contribution in [3.05, 3.63) is 65.1 Å². The fourth-order valence-corrected chi connectivity index (χ4v) is 4.20. The highest BCUT2D eigenvalue weighted by Crippen LogP contribution is 2.25. The maximum atomic E-state index is 12.7. The van der Waals surface area contributed by atoms with Crippen molar-refractivity contribution in [1.29, 1.82) is 0 Å². The van der Waals surface area contributed by atoms with Gasteiger partial charge in [-0.2, -0.15) is 5.10 Å². The fourth-order valence-electron chi connectivity index (χ4n) is 3.68. The van der Waals surface area contributed by atoms with Gasteiger partial charge < -0.3 is 15.6 Å². The van der Waals surface area contributed by atoms with Crippen LogP contribution >= 0.6 is 11.3 Å². The van der Waals surface area contributed by atoms with E-state index in [0.29, 0.717) is 23.5 Å². The summed E-state index contributed by atoms with van der Waals surface area (Å²) >= 11 is 1.30. The van der Waals surface area contributed by atoms with Gasteiger partial charge in [-0.25, -0.2) is 4.98 Å². The van der Waals surface area contributed by atoms with Crippen LogP contribution in [-0.4, -0.2) is 44.0 Å². The lowest BCUT2D eigenvalue weighted by Crippen LogP contribution is -2.28. The Hall–Kier alpha value is -3.79. The van der Waals surface area contributed by atoms with Crippen LogP contribution in [0.1, 0.15) is 53.6 Å². The molecule has 9 nitrogen and oxygen atoms in total. The van der Waals surface area contributed by atoms with Crippen LogP contribution in [0.5, 0.6) is 0 Å². The number of aromatic amines is 2. The molecule has 4 aromatic rings. The van der Waals surface area contributed by atoms with Gasteiger partial charge in [-0.15, -0.1) is 11.3 Å².